The van der Waals surface area contributed by atoms with E-state index in [2.05, 4.69) is 15.4 Å². The molecule has 0 spiro atoms. The number of nitrogens with zero attached hydrogens (tertiary/aromatic N) is 1. The third-order valence-corrected chi connectivity index (χ3v) is 2.82. The molecule has 0 aromatic heterocycles. The van der Waals surface area contributed by atoms with Crippen molar-refractivity contribution >= 4 is 17.6 Å². The van der Waals surface area contributed by atoms with E-state index in [-0.39, 0.29) is 30.0 Å². The van der Waals surface area contributed by atoms with Crippen molar-refractivity contribution in [3.63, 3.8) is 0 Å². The summed E-state index contributed by atoms with van der Waals surface area (Å²) in [5, 5.41) is 22.9. The molecule has 0 fully saturated rings. The molecule has 8 heteroatoms. The molecule has 8 nitrogen and oxygen atoms in total. The fraction of sp³-hybridized carbons (Fsp3) is 0.312. The summed E-state index contributed by atoms with van der Waals surface area (Å²) >= 11 is 0. The Labute approximate surface area is 139 Å². The molecule has 0 unspecified atom stereocenters. The van der Waals surface area contributed by atoms with Crippen molar-refractivity contribution in [2.45, 2.75) is 0 Å². The Morgan fingerprint density at radius 1 is 1.33 bits per heavy atom. The molecule has 3 N–H and O–H groups in total. The normalized spacial score (nSPS) is 10.6. The molecule has 24 heavy (non-hydrogen) atoms. The van der Waals surface area contributed by atoms with Crippen molar-refractivity contribution in [2.24, 2.45) is 0 Å². The number of esters is 1. The zero-order chi connectivity index (χ0) is 17.8. The van der Waals surface area contributed by atoms with Gasteiger partial charge in [0.1, 0.15) is 11.6 Å². The van der Waals surface area contributed by atoms with Crippen molar-refractivity contribution in [3.05, 3.63) is 41.6 Å². The van der Waals surface area contributed by atoms with E-state index in [0.717, 1.165) is 0 Å². The van der Waals surface area contributed by atoms with Crippen LogP contribution in [-0.4, -0.2) is 50.5 Å². The number of aliphatic hydroxyl groups excluding tert-OH is 1. The summed E-state index contributed by atoms with van der Waals surface area (Å²) in [6.07, 6.45) is 1.26. The van der Waals surface area contributed by atoms with Gasteiger partial charge < -0.3 is 25.2 Å². The standard InChI is InChI=1S/C16H19N3O5/c1-23-16(22)13-4-2-3-5-14(13)19-15(21)12(10-17)11-18-6-8-24-9-7-20/h2-5,11,18,20H,6-9H2,1H3,(H,19,21)/b12-11-. The predicted octanol–water partition coefficient (Wildman–Crippen LogP) is 0.418. The van der Waals surface area contributed by atoms with E-state index in [0.29, 0.717) is 13.2 Å². The summed E-state index contributed by atoms with van der Waals surface area (Å²) in [6.45, 7) is 0.850. The Morgan fingerprint density at radius 2 is 2.08 bits per heavy atom. The molecule has 0 heterocycles. The Kier molecular flexibility index (Phi) is 8.60. The van der Waals surface area contributed by atoms with Crippen LogP contribution in [-0.2, 0) is 14.3 Å². The Bertz CT molecular complexity index is 637. The SMILES string of the molecule is COC(=O)c1ccccc1NC(=O)/C(C#N)=C\NCCOCCO. The number of benzene rings is 1. The van der Waals surface area contributed by atoms with Crippen LogP contribution in [0.5, 0.6) is 0 Å². The second kappa shape index (κ2) is 10.8. The van der Waals surface area contributed by atoms with Gasteiger partial charge in [0.2, 0.25) is 0 Å². The third-order valence-electron chi connectivity index (χ3n) is 2.82. The zero-order valence-electron chi connectivity index (χ0n) is 13.2. The first-order valence-electron chi connectivity index (χ1n) is 7.15. The molecule has 128 valence electrons. The van der Waals surface area contributed by atoms with Crippen molar-refractivity contribution in [1.29, 1.82) is 5.26 Å². The van der Waals surface area contributed by atoms with Crippen molar-refractivity contribution < 1.29 is 24.2 Å². The summed E-state index contributed by atoms with van der Waals surface area (Å²) in [4.78, 5) is 23.8. The average molecular weight is 333 g/mol. The van der Waals surface area contributed by atoms with E-state index >= 15 is 0 Å². The van der Waals surface area contributed by atoms with Gasteiger partial charge in [-0.2, -0.15) is 5.26 Å². The number of hydrogen-bond donors (Lipinski definition) is 3. The fourth-order valence-corrected chi connectivity index (χ4v) is 1.69. The zero-order valence-corrected chi connectivity index (χ0v) is 13.2. The fourth-order valence-electron chi connectivity index (χ4n) is 1.69. The van der Waals surface area contributed by atoms with E-state index in [4.69, 9.17) is 15.1 Å². The van der Waals surface area contributed by atoms with Crippen molar-refractivity contribution in [3.8, 4) is 6.07 Å². The Morgan fingerprint density at radius 3 is 2.75 bits per heavy atom. The molecule has 0 aliphatic carbocycles. The largest absolute Gasteiger partial charge is 0.465 e. The highest BCUT2D eigenvalue weighted by Gasteiger charge is 2.15. The number of nitriles is 1. The highest BCUT2D eigenvalue weighted by atomic mass is 16.5. The van der Waals surface area contributed by atoms with Crippen LogP contribution >= 0.6 is 0 Å². The van der Waals surface area contributed by atoms with Crippen LogP contribution in [0.2, 0.25) is 0 Å². The number of ether oxygens (including phenoxy) is 2. The van der Waals surface area contributed by atoms with Gasteiger partial charge >= 0.3 is 5.97 Å². The van der Waals surface area contributed by atoms with Crippen molar-refractivity contribution in [2.75, 3.05) is 38.8 Å². The number of anilines is 1. The smallest absolute Gasteiger partial charge is 0.339 e. The van der Waals surface area contributed by atoms with Crippen LogP contribution in [0.4, 0.5) is 5.69 Å². The molecular formula is C16H19N3O5. The molecule has 1 aromatic carbocycles. The van der Waals surface area contributed by atoms with Crippen LogP contribution in [0, 0.1) is 11.3 Å². The second-order valence-electron chi connectivity index (χ2n) is 4.45. The highest BCUT2D eigenvalue weighted by Crippen LogP contribution is 2.16. The maximum Gasteiger partial charge on any atom is 0.339 e. The first kappa shape index (κ1) is 19.2. The summed E-state index contributed by atoms with van der Waals surface area (Å²) in [7, 11) is 1.24. The monoisotopic (exact) mass is 333 g/mol. The summed E-state index contributed by atoms with van der Waals surface area (Å²) in [5.41, 5.74) is 0.287. The average Bonchev–Trinajstić information content (AvgIpc) is 2.60. The molecule has 0 saturated heterocycles. The lowest BCUT2D eigenvalue weighted by atomic mass is 10.1. The molecule has 1 aromatic rings. The van der Waals surface area contributed by atoms with Gasteiger partial charge in [0.05, 0.1) is 38.2 Å². The molecule has 0 bridgehead atoms. The molecule has 0 aliphatic heterocycles. The number of carbonyl (C=O) groups excluding carboxylic acids is 2. The molecular weight excluding hydrogens is 314 g/mol. The summed E-state index contributed by atoms with van der Waals surface area (Å²) in [5.74, 6) is -1.25. The van der Waals surface area contributed by atoms with Gasteiger partial charge in [-0.25, -0.2) is 4.79 Å². The third kappa shape index (κ3) is 6.08. The van der Waals surface area contributed by atoms with E-state index in [1.165, 1.54) is 25.4 Å². The lowest BCUT2D eigenvalue weighted by Crippen LogP contribution is -2.20. The van der Waals surface area contributed by atoms with Gasteiger partial charge in [-0.05, 0) is 12.1 Å². The van der Waals surface area contributed by atoms with E-state index in [1.54, 1.807) is 18.2 Å². The molecule has 0 aliphatic rings. The number of methoxy groups -OCH3 is 1. The summed E-state index contributed by atoms with van der Waals surface area (Å²) in [6, 6.07) is 8.10. The Hall–Kier alpha value is -2.89. The van der Waals surface area contributed by atoms with Crippen molar-refractivity contribution in [1.82, 2.24) is 5.32 Å². The van der Waals surface area contributed by atoms with Gasteiger partial charge in [-0.15, -0.1) is 0 Å². The number of para-hydroxylation sites is 1. The minimum absolute atomic E-state index is 0.0682. The lowest BCUT2D eigenvalue weighted by Gasteiger charge is -2.09. The minimum Gasteiger partial charge on any atom is -0.465 e. The van der Waals surface area contributed by atoms with Crippen LogP contribution in [0.3, 0.4) is 0 Å². The number of rotatable bonds is 9. The van der Waals surface area contributed by atoms with Gasteiger partial charge in [-0.1, -0.05) is 12.1 Å². The number of aliphatic hydroxyl groups is 1. The number of amides is 1. The van der Waals surface area contributed by atoms with Gasteiger partial charge in [0, 0.05) is 12.7 Å². The summed E-state index contributed by atoms with van der Waals surface area (Å²) < 4.78 is 9.68. The number of carbonyl (C=O) groups is 2. The molecule has 0 saturated carbocycles. The van der Waals surface area contributed by atoms with Gasteiger partial charge in [0.25, 0.3) is 5.91 Å². The highest BCUT2D eigenvalue weighted by molar-refractivity contribution is 6.09. The van der Waals surface area contributed by atoms with Crippen LogP contribution < -0.4 is 10.6 Å². The lowest BCUT2D eigenvalue weighted by molar-refractivity contribution is -0.112. The van der Waals surface area contributed by atoms with Gasteiger partial charge in [-0.3, -0.25) is 4.79 Å². The Balaban J connectivity index is 2.68. The molecule has 0 radical (unpaired) electrons. The molecule has 1 amide bonds. The van der Waals surface area contributed by atoms with Crippen LogP contribution in [0.15, 0.2) is 36.0 Å². The first-order valence-corrected chi connectivity index (χ1v) is 7.15. The second-order valence-corrected chi connectivity index (χ2v) is 4.45. The minimum atomic E-state index is -0.655. The number of nitrogens with one attached hydrogen (secondary N) is 2. The topological polar surface area (TPSA) is 121 Å². The first-order chi connectivity index (χ1) is 11.6. The van der Waals surface area contributed by atoms with E-state index in [9.17, 15) is 9.59 Å². The molecule has 0 atom stereocenters. The maximum absolute atomic E-state index is 12.1. The maximum atomic E-state index is 12.1. The van der Waals surface area contributed by atoms with E-state index in [1.807, 2.05) is 0 Å². The quantitative estimate of drug-likeness (QED) is 0.259. The molecule has 1 rings (SSSR count). The predicted molar refractivity (Wildman–Crippen MR) is 86.0 cm³/mol. The van der Waals surface area contributed by atoms with Gasteiger partial charge in [0.15, 0.2) is 0 Å². The van der Waals surface area contributed by atoms with Crippen LogP contribution in [0.25, 0.3) is 0 Å². The van der Waals surface area contributed by atoms with E-state index < -0.39 is 11.9 Å². The van der Waals surface area contributed by atoms with Crippen LogP contribution in [0.1, 0.15) is 10.4 Å². The number of hydrogen-bond acceptors (Lipinski definition) is 7.